The molecule has 0 bridgehead atoms. The van der Waals surface area contributed by atoms with Crippen LogP contribution in [0, 0.1) is 41.5 Å². The fraction of sp³-hybridized carbons (Fsp3) is 0.0959. The molecule has 0 radical (unpaired) electrons. The lowest BCUT2D eigenvalue weighted by Crippen LogP contribution is -2.38. The number of hydrogen-bond donors (Lipinski definition) is 0. The average molecular weight is 980 g/mol. The van der Waals surface area contributed by atoms with Gasteiger partial charge in [-0.3, -0.25) is 0 Å². The summed E-state index contributed by atoms with van der Waals surface area (Å²) in [4.78, 5) is 7.29. The molecule has 0 aromatic heterocycles. The molecule has 0 unspecified atom stereocenters. The molecule has 11 aromatic carbocycles. The molecule has 0 atom stereocenters. The molecule has 3 heteroatoms. The van der Waals surface area contributed by atoms with Crippen molar-refractivity contribution in [3.8, 4) is 22.3 Å². The van der Waals surface area contributed by atoms with Crippen molar-refractivity contribution in [3.05, 3.63) is 316 Å². The molecule has 0 fully saturated rings. The van der Waals surface area contributed by atoms with Crippen LogP contribution in [0.2, 0.25) is 0 Å². The molecular weight excluding hydrogens is 919 g/mol. The van der Waals surface area contributed by atoms with E-state index in [1.54, 1.807) is 0 Å². The van der Waals surface area contributed by atoms with Gasteiger partial charge in [-0.15, -0.1) is 0 Å². The van der Waals surface area contributed by atoms with Gasteiger partial charge in [0, 0.05) is 39.8 Å². The maximum absolute atomic E-state index is 2.46. The van der Waals surface area contributed by atoms with E-state index in [0.29, 0.717) is 0 Å². The zero-order valence-corrected chi connectivity index (χ0v) is 44.2. The van der Waals surface area contributed by atoms with Gasteiger partial charge in [0.15, 0.2) is 0 Å². The smallest absolute Gasteiger partial charge is 0.0742 e. The number of benzene rings is 11. The lowest BCUT2D eigenvalue weighted by Gasteiger charge is -2.47. The quantitative estimate of drug-likeness (QED) is 0.128. The van der Waals surface area contributed by atoms with Gasteiger partial charge < -0.3 is 14.7 Å². The van der Waals surface area contributed by atoms with Crippen molar-refractivity contribution >= 4 is 51.2 Å². The summed E-state index contributed by atoms with van der Waals surface area (Å²) in [5.41, 5.74) is 26.4. The summed E-state index contributed by atoms with van der Waals surface area (Å²) in [5.74, 6) is 0. The molecule has 11 aromatic rings. The van der Waals surface area contributed by atoms with Crippen LogP contribution in [-0.2, 0) is 5.41 Å². The molecule has 0 N–H and O–H groups in total. The Morgan fingerprint density at radius 3 is 1.12 bits per heavy atom. The second-order valence-electron chi connectivity index (χ2n) is 20.6. The van der Waals surface area contributed by atoms with Crippen molar-refractivity contribution in [1.82, 2.24) is 0 Å². The third kappa shape index (κ3) is 8.64. The maximum atomic E-state index is 2.46. The van der Waals surface area contributed by atoms with E-state index >= 15 is 0 Å². The van der Waals surface area contributed by atoms with E-state index in [1.807, 2.05) is 0 Å². The number of hydrogen-bond acceptors (Lipinski definition) is 3. The van der Waals surface area contributed by atoms with Gasteiger partial charge in [-0.05, 0) is 182 Å². The fourth-order valence-electron chi connectivity index (χ4n) is 11.7. The number of anilines is 9. The van der Waals surface area contributed by atoms with Gasteiger partial charge >= 0.3 is 0 Å². The van der Waals surface area contributed by atoms with Crippen molar-refractivity contribution in [3.63, 3.8) is 0 Å². The van der Waals surface area contributed by atoms with Crippen LogP contribution >= 0.6 is 0 Å². The number of rotatable bonds is 11. The third-order valence-corrected chi connectivity index (χ3v) is 15.4. The highest BCUT2D eigenvalue weighted by Gasteiger charge is 2.46. The minimum absolute atomic E-state index is 0.722. The Kier molecular flexibility index (Phi) is 12.5. The number of para-hydroxylation sites is 1. The highest BCUT2D eigenvalue weighted by atomic mass is 15.2. The molecule has 1 aliphatic rings. The lowest BCUT2D eigenvalue weighted by atomic mass is 9.62. The molecule has 3 nitrogen and oxygen atoms in total. The Morgan fingerprint density at radius 2 is 0.658 bits per heavy atom. The standard InChI is InChI=1S/C73H61N3/c1-50-21-34-66(35-22-50)76-71-20-14-13-19-67(71)73(68-49-53(4)25-46-72(68)76,60-30-40-64(41-31-60)74(69-44-23-51(2)47-54(69)5)62-36-26-58(27-37-62)56-15-9-7-10-16-56)61-32-42-65(43-33-61)75(70-45-24-52(3)48-55(70)6)63-38-28-59(29-39-63)57-17-11-8-12-18-57/h7-49H,1-6H3. The topological polar surface area (TPSA) is 9.72 Å². The van der Waals surface area contributed by atoms with E-state index in [-0.39, 0.29) is 0 Å². The maximum Gasteiger partial charge on any atom is 0.0742 e. The van der Waals surface area contributed by atoms with Gasteiger partial charge in [0.1, 0.15) is 0 Å². The van der Waals surface area contributed by atoms with Gasteiger partial charge in [0.25, 0.3) is 0 Å². The molecule has 0 spiro atoms. The summed E-state index contributed by atoms with van der Waals surface area (Å²) < 4.78 is 0. The van der Waals surface area contributed by atoms with Crippen LogP contribution < -0.4 is 14.7 Å². The molecule has 0 saturated heterocycles. The van der Waals surface area contributed by atoms with Gasteiger partial charge in [-0.2, -0.15) is 0 Å². The first kappa shape index (κ1) is 47.8. The first-order chi connectivity index (χ1) is 37.1. The largest absolute Gasteiger partial charge is 0.310 e. The Bertz CT molecular complexity index is 3660. The van der Waals surface area contributed by atoms with Crippen LogP contribution in [0.15, 0.2) is 261 Å². The zero-order valence-electron chi connectivity index (χ0n) is 44.2. The van der Waals surface area contributed by atoms with Gasteiger partial charge in [0.2, 0.25) is 0 Å². The summed E-state index contributed by atoms with van der Waals surface area (Å²) in [7, 11) is 0. The second-order valence-corrected chi connectivity index (χ2v) is 20.6. The van der Waals surface area contributed by atoms with E-state index in [1.165, 1.54) is 77.9 Å². The highest BCUT2D eigenvalue weighted by Crippen LogP contribution is 2.58. The van der Waals surface area contributed by atoms with E-state index in [4.69, 9.17) is 0 Å². The minimum Gasteiger partial charge on any atom is -0.310 e. The van der Waals surface area contributed by atoms with Crippen LogP contribution in [0.5, 0.6) is 0 Å². The molecule has 368 valence electrons. The van der Waals surface area contributed by atoms with Crippen molar-refractivity contribution < 1.29 is 0 Å². The average Bonchev–Trinajstić information content (AvgIpc) is 3.64. The predicted octanol–water partition coefficient (Wildman–Crippen LogP) is 20.0. The van der Waals surface area contributed by atoms with Crippen LogP contribution in [0.25, 0.3) is 22.3 Å². The van der Waals surface area contributed by atoms with E-state index in [0.717, 1.165) is 51.2 Å². The van der Waals surface area contributed by atoms with Crippen LogP contribution in [0.1, 0.15) is 55.6 Å². The number of aryl methyl sites for hydroxylation is 6. The first-order valence-corrected chi connectivity index (χ1v) is 26.5. The summed E-state index contributed by atoms with van der Waals surface area (Å²) in [6.45, 7) is 13.2. The van der Waals surface area contributed by atoms with E-state index < -0.39 is 5.41 Å². The second kappa shape index (κ2) is 19.9. The summed E-state index contributed by atoms with van der Waals surface area (Å²) in [6, 6.07) is 96.7. The Hall–Kier alpha value is -9.18. The fourth-order valence-corrected chi connectivity index (χ4v) is 11.7. The van der Waals surface area contributed by atoms with Crippen LogP contribution in [0.4, 0.5) is 51.2 Å². The predicted molar refractivity (Wildman–Crippen MR) is 322 cm³/mol. The van der Waals surface area contributed by atoms with Crippen molar-refractivity contribution in [2.75, 3.05) is 14.7 Å². The summed E-state index contributed by atoms with van der Waals surface area (Å²) in [5, 5.41) is 0. The van der Waals surface area contributed by atoms with Crippen molar-refractivity contribution in [2.45, 2.75) is 47.0 Å². The highest BCUT2D eigenvalue weighted by molar-refractivity contribution is 5.91. The van der Waals surface area contributed by atoms with Gasteiger partial charge in [0.05, 0.1) is 16.8 Å². The molecule has 76 heavy (non-hydrogen) atoms. The molecular formula is C73H61N3. The van der Waals surface area contributed by atoms with Crippen LogP contribution in [0.3, 0.4) is 0 Å². The Labute approximate surface area is 449 Å². The van der Waals surface area contributed by atoms with E-state index in [9.17, 15) is 0 Å². The number of fused-ring (bicyclic) bond motifs is 2. The molecule has 1 heterocycles. The zero-order chi connectivity index (χ0) is 51.9. The lowest BCUT2D eigenvalue weighted by molar-refractivity contribution is 0.730. The first-order valence-electron chi connectivity index (χ1n) is 26.5. The minimum atomic E-state index is -0.722. The SMILES string of the molecule is Cc1ccc(N2c3ccccc3C(c3ccc(N(c4ccc(-c5ccccc5)cc4)c4ccc(C)cc4C)cc3)(c3ccc(N(c4ccc(-c5ccccc5)cc4)c4ccc(C)cc4C)cc3)c3cc(C)ccc32)cc1. The molecule has 1 aliphatic heterocycles. The Balaban J connectivity index is 1.05. The molecule has 0 saturated carbocycles. The van der Waals surface area contributed by atoms with Crippen molar-refractivity contribution in [2.24, 2.45) is 0 Å². The molecule has 0 aliphatic carbocycles. The number of nitrogens with zero attached hydrogens (tertiary/aromatic N) is 3. The summed E-state index contributed by atoms with van der Waals surface area (Å²) >= 11 is 0. The van der Waals surface area contributed by atoms with Gasteiger partial charge in [-0.1, -0.05) is 198 Å². The Morgan fingerprint density at radius 1 is 0.289 bits per heavy atom. The molecule has 0 amide bonds. The molecule has 12 rings (SSSR count). The third-order valence-electron chi connectivity index (χ3n) is 15.4. The normalized spacial score (nSPS) is 12.4. The van der Waals surface area contributed by atoms with Gasteiger partial charge in [-0.25, -0.2) is 0 Å². The monoisotopic (exact) mass is 979 g/mol. The summed E-state index contributed by atoms with van der Waals surface area (Å²) in [6.07, 6.45) is 0. The van der Waals surface area contributed by atoms with Crippen LogP contribution in [-0.4, -0.2) is 0 Å². The van der Waals surface area contributed by atoms with E-state index in [2.05, 4.69) is 317 Å². The van der Waals surface area contributed by atoms with Crippen molar-refractivity contribution in [1.29, 1.82) is 0 Å².